The quantitative estimate of drug-likeness (QED) is 0.533. The Balaban J connectivity index is 1.74. The lowest BCUT2D eigenvalue weighted by Crippen LogP contribution is -2.29. The SMILES string of the molecule is Cc1cc(COc2c(Cl)cc(C(=O)NCC(=O)O)cc2Cl)c(F)c(NC2CCC2)c1. The molecule has 1 aliphatic rings. The van der Waals surface area contributed by atoms with Gasteiger partial charge in [0.05, 0.1) is 15.7 Å². The number of rotatable bonds is 8. The first-order valence-corrected chi connectivity index (χ1v) is 10.2. The number of carbonyl (C=O) groups excluding carboxylic acids is 1. The van der Waals surface area contributed by atoms with Gasteiger partial charge in [-0.05, 0) is 56.0 Å². The molecular formula is C21H21Cl2FN2O4. The first kappa shape index (κ1) is 22.2. The largest absolute Gasteiger partial charge is 0.486 e. The third-order valence-corrected chi connectivity index (χ3v) is 5.35. The van der Waals surface area contributed by atoms with Crippen LogP contribution in [0.2, 0.25) is 10.0 Å². The third-order valence-electron chi connectivity index (χ3n) is 4.79. The maximum Gasteiger partial charge on any atom is 0.322 e. The zero-order chi connectivity index (χ0) is 21.8. The molecule has 0 spiro atoms. The smallest absolute Gasteiger partial charge is 0.322 e. The zero-order valence-electron chi connectivity index (χ0n) is 16.2. The number of aliphatic carboxylic acids is 1. The number of carbonyl (C=O) groups is 2. The molecule has 1 saturated carbocycles. The molecule has 2 aromatic rings. The van der Waals surface area contributed by atoms with Crippen molar-refractivity contribution in [3.63, 3.8) is 0 Å². The van der Waals surface area contributed by atoms with Gasteiger partial charge < -0.3 is 20.5 Å². The average Bonchev–Trinajstić information content (AvgIpc) is 2.64. The predicted molar refractivity (Wildman–Crippen MR) is 113 cm³/mol. The summed E-state index contributed by atoms with van der Waals surface area (Å²) in [4.78, 5) is 22.6. The number of hydrogen-bond acceptors (Lipinski definition) is 4. The maximum absolute atomic E-state index is 14.9. The van der Waals surface area contributed by atoms with Crippen molar-refractivity contribution in [2.45, 2.75) is 38.8 Å². The van der Waals surface area contributed by atoms with Crippen LogP contribution in [0, 0.1) is 12.7 Å². The van der Waals surface area contributed by atoms with Crippen molar-refractivity contribution in [2.75, 3.05) is 11.9 Å². The van der Waals surface area contributed by atoms with Crippen LogP contribution in [0.25, 0.3) is 0 Å². The molecule has 6 nitrogen and oxygen atoms in total. The van der Waals surface area contributed by atoms with Crippen molar-refractivity contribution in [2.24, 2.45) is 0 Å². The van der Waals surface area contributed by atoms with Crippen LogP contribution in [-0.2, 0) is 11.4 Å². The van der Waals surface area contributed by atoms with Crippen molar-refractivity contribution in [3.8, 4) is 5.75 Å². The minimum Gasteiger partial charge on any atom is -0.486 e. The molecule has 0 atom stereocenters. The Hall–Kier alpha value is -2.51. The lowest BCUT2D eigenvalue weighted by atomic mass is 9.92. The topological polar surface area (TPSA) is 87.7 Å². The summed E-state index contributed by atoms with van der Waals surface area (Å²) in [6.45, 7) is 1.24. The molecule has 1 aliphatic carbocycles. The Morgan fingerprint density at radius 2 is 1.87 bits per heavy atom. The standard InChI is InChI=1S/C21H21Cl2FN2O4/c1-11-5-13(19(24)17(6-11)26-14-3-2-4-14)10-30-20-15(22)7-12(8-16(20)23)21(29)25-9-18(27)28/h5-8,14,26H,2-4,9-10H2,1H3,(H,25,29)(H,27,28). The van der Waals surface area contributed by atoms with Crippen LogP contribution >= 0.6 is 23.2 Å². The van der Waals surface area contributed by atoms with Crippen LogP contribution in [-0.4, -0.2) is 29.6 Å². The number of carboxylic acids is 1. The fourth-order valence-corrected chi connectivity index (χ4v) is 3.66. The summed E-state index contributed by atoms with van der Waals surface area (Å²) in [6, 6.07) is 6.38. The molecule has 0 saturated heterocycles. The molecule has 0 heterocycles. The second-order valence-electron chi connectivity index (χ2n) is 7.19. The van der Waals surface area contributed by atoms with E-state index in [1.165, 1.54) is 12.1 Å². The van der Waals surface area contributed by atoms with Crippen LogP contribution < -0.4 is 15.4 Å². The molecule has 160 valence electrons. The molecule has 0 unspecified atom stereocenters. The number of hydrogen-bond donors (Lipinski definition) is 3. The number of carboxylic acid groups (broad SMARTS) is 1. The van der Waals surface area contributed by atoms with Gasteiger partial charge in [-0.3, -0.25) is 9.59 Å². The normalized spacial score (nSPS) is 13.5. The van der Waals surface area contributed by atoms with E-state index in [-0.39, 0.29) is 33.8 Å². The molecule has 9 heteroatoms. The fraction of sp³-hybridized carbons (Fsp3) is 0.333. The molecule has 3 N–H and O–H groups in total. The minimum atomic E-state index is -1.17. The summed E-state index contributed by atoms with van der Waals surface area (Å²) in [5, 5.41) is 14.2. The van der Waals surface area contributed by atoms with Crippen molar-refractivity contribution in [1.29, 1.82) is 0 Å². The second-order valence-corrected chi connectivity index (χ2v) is 8.01. The van der Waals surface area contributed by atoms with Gasteiger partial charge in [0.15, 0.2) is 11.6 Å². The molecule has 0 radical (unpaired) electrons. The van der Waals surface area contributed by atoms with Crippen LogP contribution in [0.1, 0.15) is 40.7 Å². The highest BCUT2D eigenvalue weighted by atomic mass is 35.5. The molecular weight excluding hydrogens is 434 g/mol. The number of anilines is 1. The van der Waals surface area contributed by atoms with Gasteiger partial charge in [-0.25, -0.2) is 4.39 Å². The van der Waals surface area contributed by atoms with Gasteiger partial charge in [0.2, 0.25) is 0 Å². The van der Waals surface area contributed by atoms with E-state index in [9.17, 15) is 14.0 Å². The van der Waals surface area contributed by atoms with Gasteiger partial charge in [-0.2, -0.15) is 0 Å². The summed E-state index contributed by atoms with van der Waals surface area (Å²) in [5.41, 5.74) is 1.78. The molecule has 1 fully saturated rings. The summed E-state index contributed by atoms with van der Waals surface area (Å²) in [6.07, 6.45) is 3.19. The lowest BCUT2D eigenvalue weighted by Gasteiger charge is -2.28. The van der Waals surface area contributed by atoms with Crippen molar-refractivity contribution in [3.05, 3.63) is 56.8 Å². The predicted octanol–water partition coefficient (Wildman–Crippen LogP) is 4.80. The highest BCUT2D eigenvalue weighted by molar-refractivity contribution is 6.37. The summed E-state index contributed by atoms with van der Waals surface area (Å²) < 4.78 is 20.6. The average molecular weight is 455 g/mol. The number of ether oxygens (including phenoxy) is 1. The summed E-state index contributed by atoms with van der Waals surface area (Å²) >= 11 is 12.4. The number of nitrogens with one attached hydrogen (secondary N) is 2. The maximum atomic E-state index is 14.9. The Bertz CT molecular complexity index is 957. The van der Waals surface area contributed by atoms with Gasteiger partial charge in [-0.1, -0.05) is 23.2 Å². The van der Waals surface area contributed by atoms with Gasteiger partial charge in [0.1, 0.15) is 13.2 Å². The number of aryl methyl sites for hydroxylation is 1. The monoisotopic (exact) mass is 454 g/mol. The van der Waals surface area contributed by atoms with Gasteiger partial charge in [0.25, 0.3) is 5.91 Å². The first-order valence-electron chi connectivity index (χ1n) is 9.42. The minimum absolute atomic E-state index is 0.0591. The Morgan fingerprint density at radius 1 is 1.20 bits per heavy atom. The molecule has 1 amide bonds. The van der Waals surface area contributed by atoms with E-state index >= 15 is 0 Å². The number of benzene rings is 2. The van der Waals surface area contributed by atoms with Crippen molar-refractivity contribution >= 4 is 40.8 Å². The van der Waals surface area contributed by atoms with Crippen LogP contribution in [0.3, 0.4) is 0 Å². The van der Waals surface area contributed by atoms with Crippen molar-refractivity contribution in [1.82, 2.24) is 5.32 Å². The molecule has 30 heavy (non-hydrogen) atoms. The Labute approximate surface area is 183 Å². The molecule has 2 aromatic carbocycles. The van der Waals surface area contributed by atoms with E-state index < -0.39 is 18.4 Å². The molecule has 0 aromatic heterocycles. The number of halogens is 3. The zero-order valence-corrected chi connectivity index (χ0v) is 17.7. The highest BCUT2D eigenvalue weighted by Crippen LogP contribution is 2.35. The van der Waals surface area contributed by atoms with Crippen LogP contribution in [0.5, 0.6) is 5.75 Å². The van der Waals surface area contributed by atoms with Crippen LogP contribution in [0.4, 0.5) is 10.1 Å². The summed E-state index contributed by atoms with van der Waals surface area (Å²) in [7, 11) is 0. The second kappa shape index (κ2) is 9.53. The van der Waals surface area contributed by atoms with E-state index in [1.807, 2.05) is 6.92 Å². The molecule has 3 rings (SSSR count). The van der Waals surface area contributed by atoms with Gasteiger partial charge in [-0.15, -0.1) is 0 Å². The highest BCUT2D eigenvalue weighted by Gasteiger charge is 2.20. The van der Waals surface area contributed by atoms with E-state index in [4.69, 9.17) is 33.0 Å². The van der Waals surface area contributed by atoms with E-state index in [2.05, 4.69) is 10.6 Å². The lowest BCUT2D eigenvalue weighted by molar-refractivity contribution is -0.135. The Morgan fingerprint density at radius 3 is 2.43 bits per heavy atom. The fourth-order valence-electron chi connectivity index (χ4n) is 3.06. The number of amides is 1. The van der Waals surface area contributed by atoms with Crippen LogP contribution in [0.15, 0.2) is 24.3 Å². The van der Waals surface area contributed by atoms with Crippen molar-refractivity contribution < 1.29 is 23.8 Å². The van der Waals surface area contributed by atoms with E-state index in [0.29, 0.717) is 17.3 Å². The Kier molecular flexibility index (Phi) is 7.05. The van der Waals surface area contributed by atoms with Gasteiger partial charge >= 0.3 is 5.97 Å². The third kappa shape index (κ3) is 5.34. The van der Waals surface area contributed by atoms with E-state index in [0.717, 1.165) is 24.8 Å². The molecule has 0 aliphatic heterocycles. The van der Waals surface area contributed by atoms with Gasteiger partial charge in [0, 0.05) is 17.2 Å². The first-order chi connectivity index (χ1) is 14.2. The molecule has 0 bridgehead atoms. The summed E-state index contributed by atoms with van der Waals surface area (Å²) in [5.74, 6) is -2.08. The van der Waals surface area contributed by atoms with E-state index in [1.54, 1.807) is 12.1 Å².